The molecule has 7 heteroatoms. The van der Waals surface area contributed by atoms with Crippen molar-refractivity contribution in [1.29, 1.82) is 0 Å². The summed E-state index contributed by atoms with van der Waals surface area (Å²) in [5.74, 6) is -0.669. The molecule has 0 bridgehead atoms. The second-order valence-corrected chi connectivity index (χ2v) is 11.5. The summed E-state index contributed by atoms with van der Waals surface area (Å²) in [7, 11) is 0. The maximum absolute atomic E-state index is 14.6. The third-order valence-electron chi connectivity index (χ3n) is 8.16. The van der Waals surface area contributed by atoms with Crippen LogP contribution >= 0.6 is 11.3 Å². The van der Waals surface area contributed by atoms with Crippen LogP contribution in [0.15, 0.2) is 72.1 Å². The Morgan fingerprint density at radius 1 is 0.974 bits per heavy atom. The van der Waals surface area contributed by atoms with Crippen molar-refractivity contribution in [3.8, 4) is 0 Å². The van der Waals surface area contributed by atoms with E-state index in [-0.39, 0.29) is 30.2 Å². The lowest BCUT2D eigenvalue weighted by Gasteiger charge is -2.47. The van der Waals surface area contributed by atoms with Gasteiger partial charge in [0.05, 0.1) is 16.8 Å². The number of nitrogens with one attached hydrogen (secondary N) is 1. The van der Waals surface area contributed by atoms with Crippen LogP contribution in [0.4, 0.5) is 4.39 Å². The van der Waals surface area contributed by atoms with Gasteiger partial charge in [0.1, 0.15) is 11.5 Å². The minimum Gasteiger partial charge on any atom is -0.351 e. The van der Waals surface area contributed by atoms with E-state index in [1.165, 1.54) is 31.4 Å². The Morgan fingerprint density at radius 3 is 2.42 bits per heavy atom. The normalized spacial score (nSPS) is 20.7. The molecular formula is C31H32FN3O2S. The number of nitrogens with zero attached hydrogens (tertiary/aromatic N) is 2. The van der Waals surface area contributed by atoms with Crippen LogP contribution in [0.2, 0.25) is 0 Å². The lowest BCUT2D eigenvalue weighted by molar-refractivity contribution is -0.136. The van der Waals surface area contributed by atoms with Gasteiger partial charge in [-0.25, -0.2) is 4.39 Å². The number of carbonyl (C=O) groups excluding carboxylic acids is 2. The first-order valence-electron chi connectivity index (χ1n) is 13.6. The van der Waals surface area contributed by atoms with Crippen LogP contribution in [-0.2, 0) is 23.4 Å². The van der Waals surface area contributed by atoms with Crippen molar-refractivity contribution in [2.75, 3.05) is 0 Å². The lowest BCUT2D eigenvalue weighted by atomic mass is 9.83. The molecule has 1 fully saturated rings. The van der Waals surface area contributed by atoms with Crippen molar-refractivity contribution in [2.24, 2.45) is 0 Å². The third-order valence-corrected chi connectivity index (χ3v) is 9.01. The standard InChI is InChI=1S/C31H32FN3O2S/c32-24-15-13-22(14-16-24)20-35-29(36)27-19-28-26(17-18-38-28)34(27)21-31(35,23-9-5-4-6-10-23)30(37)33-25-11-7-2-1-3-8-12-25/h4-6,9-10,13-19,25H,1-3,7-8,11-12,20-21H2,(H,33,37). The van der Waals surface area contributed by atoms with Gasteiger partial charge in [-0.1, -0.05) is 74.6 Å². The number of aromatic nitrogens is 1. The first-order chi connectivity index (χ1) is 18.6. The molecule has 38 heavy (non-hydrogen) atoms. The third kappa shape index (κ3) is 4.43. The summed E-state index contributed by atoms with van der Waals surface area (Å²) in [6.07, 6.45) is 7.72. The summed E-state index contributed by atoms with van der Waals surface area (Å²) < 4.78 is 16.8. The monoisotopic (exact) mass is 529 g/mol. The molecule has 1 aliphatic heterocycles. The molecule has 1 N–H and O–H groups in total. The Labute approximate surface area is 226 Å². The zero-order valence-electron chi connectivity index (χ0n) is 21.4. The molecule has 6 rings (SSSR count). The number of hydrogen-bond donors (Lipinski definition) is 1. The molecule has 1 aliphatic carbocycles. The van der Waals surface area contributed by atoms with Gasteiger partial charge in [-0.3, -0.25) is 9.59 Å². The van der Waals surface area contributed by atoms with E-state index >= 15 is 0 Å². The van der Waals surface area contributed by atoms with Crippen molar-refractivity contribution in [2.45, 2.75) is 69.6 Å². The van der Waals surface area contributed by atoms with Crippen LogP contribution < -0.4 is 5.32 Å². The van der Waals surface area contributed by atoms with E-state index < -0.39 is 5.54 Å². The van der Waals surface area contributed by atoms with E-state index in [0.29, 0.717) is 12.2 Å². The summed E-state index contributed by atoms with van der Waals surface area (Å²) in [6, 6.07) is 19.9. The van der Waals surface area contributed by atoms with Gasteiger partial charge in [-0.05, 0) is 53.6 Å². The van der Waals surface area contributed by atoms with Crippen molar-refractivity contribution < 1.29 is 14.0 Å². The van der Waals surface area contributed by atoms with Gasteiger partial charge in [-0.2, -0.15) is 0 Å². The van der Waals surface area contributed by atoms with Crippen LogP contribution in [0.1, 0.15) is 66.6 Å². The Morgan fingerprint density at radius 2 is 1.68 bits per heavy atom. The number of carbonyl (C=O) groups is 2. The zero-order valence-corrected chi connectivity index (χ0v) is 22.2. The smallest absolute Gasteiger partial charge is 0.272 e. The van der Waals surface area contributed by atoms with E-state index in [1.807, 2.05) is 52.4 Å². The largest absolute Gasteiger partial charge is 0.351 e. The van der Waals surface area contributed by atoms with Crippen LogP contribution in [0.3, 0.4) is 0 Å². The van der Waals surface area contributed by atoms with Gasteiger partial charge < -0.3 is 14.8 Å². The molecule has 2 aromatic heterocycles. The fourth-order valence-corrected chi connectivity index (χ4v) is 6.94. The topological polar surface area (TPSA) is 54.3 Å². The van der Waals surface area contributed by atoms with E-state index in [2.05, 4.69) is 5.32 Å². The lowest BCUT2D eigenvalue weighted by Crippen LogP contribution is -2.64. The molecule has 2 amide bonds. The maximum atomic E-state index is 14.6. The van der Waals surface area contributed by atoms with Crippen molar-refractivity contribution in [3.05, 3.63) is 94.7 Å². The SMILES string of the molecule is O=C1c2cc3sccc3n2CC(C(=O)NC2CCCCCCC2)(c2ccccc2)N1Cc1ccc(F)cc1. The first kappa shape index (κ1) is 24.9. The second-order valence-electron chi connectivity index (χ2n) is 10.5. The predicted octanol–water partition coefficient (Wildman–Crippen LogP) is 6.62. The average molecular weight is 530 g/mol. The van der Waals surface area contributed by atoms with Gasteiger partial charge in [0.15, 0.2) is 5.54 Å². The summed E-state index contributed by atoms with van der Waals surface area (Å²) in [4.78, 5) is 30.6. The molecule has 196 valence electrons. The van der Waals surface area contributed by atoms with E-state index in [9.17, 15) is 14.0 Å². The molecule has 4 aromatic rings. The number of halogens is 1. The molecule has 1 saturated carbocycles. The Kier molecular flexibility index (Phi) is 6.78. The second kappa shape index (κ2) is 10.4. The van der Waals surface area contributed by atoms with E-state index in [4.69, 9.17) is 0 Å². The Balaban J connectivity index is 1.49. The summed E-state index contributed by atoms with van der Waals surface area (Å²) >= 11 is 1.59. The molecule has 1 atom stereocenters. The van der Waals surface area contributed by atoms with Gasteiger partial charge >= 0.3 is 0 Å². The van der Waals surface area contributed by atoms with Crippen LogP contribution in [0.25, 0.3) is 10.2 Å². The highest BCUT2D eigenvalue weighted by Gasteiger charge is 2.52. The summed E-state index contributed by atoms with van der Waals surface area (Å²) in [6.45, 7) is 0.517. The van der Waals surface area contributed by atoms with Crippen LogP contribution in [-0.4, -0.2) is 27.3 Å². The number of rotatable bonds is 5. The fourth-order valence-electron chi connectivity index (χ4n) is 6.12. The number of fused-ring (bicyclic) bond motifs is 3. The average Bonchev–Trinajstić information content (AvgIpc) is 3.51. The molecule has 0 saturated heterocycles. The molecule has 2 aliphatic rings. The highest BCUT2D eigenvalue weighted by Crippen LogP contribution is 2.41. The van der Waals surface area contributed by atoms with Gasteiger partial charge in [0, 0.05) is 12.6 Å². The summed E-state index contributed by atoms with van der Waals surface area (Å²) in [5.41, 5.74) is 1.86. The molecule has 1 unspecified atom stereocenters. The minimum absolute atomic E-state index is 0.0818. The highest BCUT2D eigenvalue weighted by atomic mass is 32.1. The number of thiophene rings is 1. The van der Waals surface area contributed by atoms with E-state index in [0.717, 1.165) is 47.0 Å². The van der Waals surface area contributed by atoms with Gasteiger partial charge in [-0.15, -0.1) is 11.3 Å². The van der Waals surface area contributed by atoms with Crippen molar-refractivity contribution in [3.63, 3.8) is 0 Å². The minimum atomic E-state index is -1.25. The molecule has 5 nitrogen and oxygen atoms in total. The zero-order chi connectivity index (χ0) is 26.1. The molecule has 0 radical (unpaired) electrons. The molecule has 0 spiro atoms. The van der Waals surface area contributed by atoms with Gasteiger partial charge in [0.2, 0.25) is 0 Å². The Hall–Kier alpha value is -3.45. The quantitative estimate of drug-likeness (QED) is 0.316. The Bertz CT molecular complexity index is 1440. The number of hydrogen-bond acceptors (Lipinski definition) is 3. The highest BCUT2D eigenvalue weighted by molar-refractivity contribution is 7.17. The first-order valence-corrected chi connectivity index (χ1v) is 14.4. The fraction of sp³-hybridized carbons (Fsp3) is 0.355. The molecule has 3 heterocycles. The van der Waals surface area contributed by atoms with Crippen LogP contribution in [0, 0.1) is 5.82 Å². The number of amides is 2. The maximum Gasteiger partial charge on any atom is 0.272 e. The van der Waals surface area contributed by atoms with Crippen molar-refractivity contribution >= 4 is 33.4 Å². The molecule has 2 aromatic carbocycles. The van der Waals surface area contributed by atoms with Crippen molar-refractivity contribution in [1.82, 2.24) is 14.8 Å². The van der Waals surface area contributed by atoms with Crippen LogP contribution in [0.5, 0.6) is 0 Å². The number of benzene rings is 2. The van der Waals surface area contributed by atoms with Gasteiger partial charge in [0.25, 0.3) is 11.8 Å². The molecular weight excluding hydrogens is 497 g/mol. The predicted molar refractivity (Wildman–Crippen MR) is 148 cm³/mol. The summed E-state index contributed by atoms with van der Waals surface area (Å²) in [5, 5.41) is 5.42. The van der Waals surface area contributed by atoms with E-state index in [1.54, 1.807) is 28.4 Å².